The number of Topliss-reactive ketones (excluding diaryl/α,β-unsaturated/α-hetero) is 1. The molecule has 1 amide bonds. The van der Waals surface area contributed by atoms with Gasteiger partial charge in [0.15, 0.2) is 5.78 Å². The van der Waals surface area contributed by atoms with Crippen molar-refractivity contribution in [3.05, 3.63) is 81.5 Å². The van der Waals surface area contributed by atoms with Gasteiger partial charge in [-0.25, -0.2) is 0 Å². The number of rotatable bonds is 4. The van der Waals surface area contributed by atoms with Crippen LogP contribution in [0.1, 0.15) is 30.5 Å². The second-order valence-electron chi connectivity index (χ2n) is 8.68. The lowest BCUT2D eigenvalue weighted by atomic mass is 9.95. The number of carbonyl (C=O) groups excluding carboxylic acids is 2. The van der Waals surface area contributed by atoms with E-state index in [0.29, 0.717) is 11.1 Å². The number of aryl methyl sites for hydroxylation is 2. The second kappa shape index (κ2) is 8.68. The third kappa shape index (κ3) is 4.02. The van der Waals surface area contributed by atoms with Gasteiger partial charge < -0.3 is 4.90 Å². The second-order valence-corrected chi connectivity index (χ2v) is 13.4. The average Bonchev–Trinajstić information content (AvgIpc) is 3.63. The molecule has 1 aliphatic rings. The van der Waals surface area contributed by atoms with Crippen LogP contribution in [0.3, 0.4) is 0 Å². The maximum absolute atomic E-state index is 12.6. The number of carbonyl (C=O) groups is 2. The summed E-state index contributed by atoms with van der Waals surface area (Å²) in [4.78, 5) is 36.6. The van der Waals surface area contributed by atoms with E-state index in [1.165, 1.54) is 44.6 Å². The van der Waals surface area contributed by atoms with Gasteiger partial charge in [0.05, 0.1) is 17.0 Å². The van der Waals surface area contributed by atoms with Gasteiger partial charge in [0, 0.05) is 52.3 Å². The Hall–Kier alpha value is -2.84. The normalized spacial score (nSPS) is 13.5. The number of benzene rings is 1. The molecule has 0 fully saturated rings. The van der Waals surface area contributed by atoms with E-state index in [9.17, 15) is 9.59 Å². The predicted molar refractivity (Wildman–Crippen MR) is 150 cm³/mol. The van der Waals surface area contributed by atoms with Crippen molar-refractivity contribution >= 4 is 57.0 Å². The molecular weight excluding hydrogens is 511 g/mol. The molecule has 7 heteroatoms. The maximum Gasteiger partial charge on any atom is 0.254 e. The Morgan fingerprint density at radius 3 is 2.03 bits per heavy atom. The molecular formula is C28H21NO2S4. The van der Waals surface area contributed by atoms with E-state index in [1.54, 1.807) is 24.5 Å². The first-order valence-corrected chi connectivity index (χ1v) is 14.4. The monoisotopic (exact) mass is 531 g/mol. The van der Waals surface area contributed by atoms with E-state index in [4.69, 9.17) is 0 Å². The van der Waals surface area contributed by atoms with Crippen molar-refractivity contribution in [1.29, 1.82) is 0 Å². The minimum absolute atomic E-state index is 0.00856. The van der Waals surface area contributed by atoms with Crippen molar-refractivity contribution in [3.8, 4) is 40.4 Å². The molecule has 174 valence electrons. The highest BCUT2D eigenvalue weighted by Gasteiger charge is 2.28. The summed E-state index contributed by atoms with van der Waals surface area (Å²) in [5.41, 5.74) is 3.30. The minimum Gasteiger partial charge on any atom is -0.334 e. The van der Waals surface area contributed by atoms with Crippen LogP contribution in [0.5, 0.6) is 0 Å². The van der Waals surface area contributed by atoms with Crippen molar-refractivity contribution in [2.45, 2.75) is 13.8 Å². The molecule has 6 rings (SSSR count). The molecule has 0 spiro atoms. The lowest BCUT2D eigenvalue weighted by Crippen LogP contribution is -2.38. The number of hydrogen-bond acceptors (Lipinski definition) is 6. The van der Waals surface area contributed by atoms with Gasteiger partial charge in [-0.05, 0) is 74.0 Å². The Kier molecular flexibility index (Phi) is 5.60. The zero-order valence-corrected chi connectivity index (χ0v) is 22.6. The molecule has 5 aromatic rings. The van der Waals surface area contributed by atoms with Crippen molar-refractivity contribution < 1.29 is 9.59 Å². The van der Waals surface area contributed by atoms with Gasteiger partial charge in [-0.15, -0.1) is 45.3 Å². The first-order valence-electron chi connectivity index (χ1n) is 11.2. The number of fused-ring (bicyclic) bond motifs is 1. The van der Waals surface area contributed by atoms with E-state index in [-0.39, 0.29) is 18.2 Å². The van der Waals surface area contributed by atoms with E-state index < -0.39 is 0 Å². The molecule has 3 nitrogen and oxygen atoms in total. The quantitative estimate of drug-likeness (QED) is 0.233. The molecule has 0 saturated heterocycles. The van der Waals surface area contributed by atoms with E-state index in [1.807, 2.05) is 46.1 Å². The molecule has 0 bridgehead atoms. The van der Waals surface area contributed by atoms with Gasteiger partial charge in [0.25, 0.3) is 5.91 Å². The number of ketones is 1. The summed E-state index contributed by atoms with van der Waals surface area (Å²) >= 11 is 7.23. The molecule has 0 saturated carbocycles. The summed E-state index contributed by atoms with van der Waals surface area (Å²) in [6.45, 7) is 4.44. The van der Waals surface area contributed by atoms with Crippen LogP contribution in [0.15, 0.2) is 60.7 Å². The SMILES string of the molecule is Cc1ccc(-c2cc(-c3ccc(-c4ccc5c(c4)C(=O)CN(C)C5=O)s3)sc2-c2ccc(C)s2)s1. The third-order valence-corrected chi connectivity index (χ3v) is 10.8. The lowest BCUT2D eigenvalue weighted by molar-refractivity contribution is 0.0719. The lowest BCUT2D eigenvalue weighted by Gasteiger charge is -2.23. The van der Waals surface area contributed by atoms with E-state index >= 15 is 0 Å². The molecule has 0 unspecified atom stereocenters. The summed E-state index contributed by atoms with van der Waals surface area (Å²) in [5.74, 6) is -0.102. The van der Waals surface area contributed by atoms with Gasteiger partial charge in [-0.3, -0.25) is 9.59 Å². The van der Waals surface area contributed by atoms with Crippen LogP contribution in [0.25, 0.3) is 40.4 Å². The first-order chi connectivity index (χ1) is 16.9. The molecule has 5 heterocycles. The smallest absolute Gasteiger partial charge is 0.254 e. The Bertz CT molecular complexity index is 1560. The number of amides is 1. The fourth-order valence-electron chi connectivity index (χ4n) is 4.33. The predicted octanol–water partition coefficient (Wildman–Crippen LogP) is 8.49. The molecule has 0 radical (unpaired) electrons. The van der Waals surface area contributed by atoms with Gasteiger partial charge in [0.1, 0.15) is 0 Å². The van der Waals surface area contributed by atoms with Crippen LogP contribution in [0.4, 0.5) is 0 Å². The number of hydrogen-bond donors (Lipinski definition) is 0. The number of likely N-dealkylation sites (N-methyl/N-ethyl adjacent to an activating group) is 1. The van der Waals surface area contributed by atoms with Crippen molar-refractivity contribution in [2.24, 2.45) is 0 Å². The van der Waals surface area contributed by atoms with Crippen LogP contribution in [-0.4, -0.2) is 30.2 Å². The van der Waals surface area contributed by atoms with Crippen molar-refractivity contribution in [2.75, 3.05) is 13.6 Å². The van der Waals surface area contributed by atoms with Gasteiger partial charge in [-0.1, -0.05) is 6.07 Å². The number of thiophene rings is 4. The van der Waals surface area contributed by atoms with Gasteiger partial charge in [0.2, 0.25) is 0 Å². The molecule has 0 atom stereocenters. The maximum atomic E-state index is 12.6. The Morgan fingerprint density at radius 1 is 0.629 bits per heavy atom. The molecule has 1 aliphatic heterocycles. The Morgan fingerprint density at radius 2 is 1.31 bits per heavy atom. The van der Waals surface area contributed by atoms with Crippen LogP contribution >= 0.6 is 45.3 Å². The largest absolute Gasteiger partial charge is 0.334 e. The minimum atomic E-state index is -0.0932. The summed E-state index contributed by atoms with van der Waals surface area (Å²) in [6, 6.07) is 21.0. The molecule has 0 aliphatic carbocycles. The summed E-state index contributed by atoms with van der Waals surface area (Å²) in [6.07, 6.45) is 0. The Balaban J connectivity index is 1.40. The van der Waals surface area contributed by atoms with Crippen molar-refractivity contribution in [3.63, 3.8) is 0 Å². The third-order valence-electron chi connectivity index (χ3n) is 6.11. The fourth-order valence-corrected chi connectivity index (χ4v) is 8.54. The highest BCUT2D eigenvalue weighted by Crippen LogP contribution is 2.48. The topological polar surface area (TPSA) is 37.4 Å². The van der Waals surface area contributed by atoms with Crippen LogP contribution in [0.2, 0.25) is 0 Å². The van der Waals surface area contributed by atoms with Crippen LogP contribution < -0.4 is 0 Å². The zero-order valence-electron chi connectivity index (χ0n) is 19.4. The van der Waals surface area contributed by atoms with E-state index in [0.717, 1.165) is 10.4 Å². The van der Waals surface area contributed by atoms with Crippen molar-refractivity contribution in [1.82, 2.24) is 4.90 Å². The standard InChI is InChI=1S/C28H21NO2S4/c1-15-4-8-23(32-15)20-13-26(35-27(20)25-9-5-16(2)33-25)24-11-10-22(34-24)17-6-7-18-19(12-17)21(30)14-29(3)28(18)31/h4-13H,14H2,1-3H3. The highest BCUT2D eigenvalue weighted by atomic mass is 32.1. The van der Waals surface area contributed by atoms with Crippen LogP contribution in [0, 0.1) is 13.8 Å². The number of nitrogens with zero attached hydrogens (tertiary/aromatic N) is 1. The summed E-state index contributed by atoms with van der Waals surface area (Å²) in [7, 11) is 1.67. The fraction of sp³-hybridized carbons (Fsp3) is 0.143. The summed E-state index contributed by atoms with van der Waals surface area (Å²) < 4.78 is 0. The van der Waals surface area contributed by atoms with Crippen LogP contribution in [-0.2, 0) is 0 Å². The molecule has 1 aromatic carbocycles. The summed E-state index contributed by atoms with van der Waals surface area (Å²) in [5, 5.41) is 0. The zero-order chi connectivity index (χ0) is 24.3. The van der Waals surface area contributed by atoms with Gasteiger partial charge in [-0.2, -0.15) is 0 Å². The first kappa shape index (κ1) is 22.6. The highest BCUT2D eigenvalue weighted by molar-refractivity contribution is 7.28. The molecule has 4 aromatic heterocycles. The average molecular weight is 532 g/mol. The van der Waals surface area contributed by atoms with Gasteiger partial charge >= 0.3 is 0 Å². The molecule has 0 N–H and O–H groups in total. The molecule has 35 heavy (non-hydrogen) atoms. The Labute approximate surface area is 219 Å². The van der Waals surface area contributed by atoms with E-state index in [2.05, 4.69) is 56.3 Å².